The molecular weight excluding hydrogens is 450 g/mol. The minimum absolute atomic E-state index is 0.0255. The molecule has 0 fully saturated rings. The average Bonchev–Trinajstić information content (AvgIpc) is 3.13. The van der Waals surface area contributed by atoms with Gasteiger partial charge >= 0.3 is 0 Å². The van der Waals surface area contributed by atoms with Crippen molar-refractivity contribution in [2.45, 2.75) is 32.2 Å². The molecular formula is C27H22F2N4O2. The zero-order valence-corrected chi connectivity index (χ0v) is 18.8. The lowest BCUT2D eigenvalue weighted by molar-refractivity contribution is 0.0996. The van der Waals surface area contributed by atoms with Crippen LogP contribution >= 0.6 is 0 Å². The lowest BCUT2D eigenvalue weighted by Crippen LogP contribution is -2.17. The highest BCUT2D eigenvalue weighted by molar-refractivity contribution is 6.17. The Kier molecular flexibility index (Phi) is 6.18. The van der Waals surface area contributed by atoms with Gasteiger partial charge in [0, 0.05) is 29.7 Å². The number of hydrogen-bond donors (Lipinski definition) is 1. The smallest absolute Gasteiger partial charge is 0.256 e. The van der Waals surface area contributed by atoms with Crippen LogP contribution in [0.4, 0.5) is 14.5 Å². The van der Waals surface area contributed by atoms with Crippen LogP contribution in [-0.4, -0.2) is 26.5 Å². The first-order valence-electron chi connectivity index (χ1n) is 11.4. The Morgan fingerprint density at radius 2 is 1.63 bits per heavy atom. The zero-order valence-electron chi connectivity index (χ0n) is 18.8. The summed E-state index contributed by atoms with van der Waals surface area (Å²) in [6.07, 6.45) is 4.03. The van der Waals surface area contributed by atoms with E-state index in [1.807, 2.05) is 4.57 Å². The van der Waals surface area contributed by atoms with Gasteiger partial charge in [-0.1, -0.05) is 24.6 Å². The number of carbonyl (C=O) groups is 2. The summed E-state index contributed by atoms with van der Waals surface area (Å²) in [5, 5.41) is 11.2. The number of hydrogen-bond acceptors (Lipinski definition) is 4. The molecule has 0 saturated carbocycles. The van der Waals surface area contributed by atoms with Crippen LogP contribution in [0.3, 0.4) is 0 Å². The van der Waals surface area contributed by atoms with Crippen LogP contribution in [0.2, 0.25) is 0 Å². The van der Waals surface area contributed by atoms with Gasteiger partial charge in [0.15, 0.2) is 11.6 Å². The molecule has 1 aromatic heterocycles. The number of nitrogens with one attached hydrogen (secondary N) is 1. The Bertz CT molecular complexity index is 1410. The molecule has 5 rings (SSSR count). The van der Waals surface area contributed by atoms with Crippen molar-refractivity contribution >= 4 is 17.4 Å². The van der Waals surface area contributed by atoms with E-state index in [0.29, 0.717) is 11.4 Å². The molecule has 1 amide bonds. The maximum absolute atomic E-state index is 14.7. The first kappa shape index (κ1) is 22.6. The fourth-order valence-electron chi connectivity index (χ4n) is 4.28. The molecule has 0 atom stereocenters. The van der Waals surface area contributed by atoms with Gasteiger partial charge in [-0.05, 0) is 61.4 Å². The maximum atomic E-state index is 14.7. The van der Waals surface area contributed by atoms with Crippen LogP contribution < -0.4 is 5.32 Å². The number of fused-ring (bicyclic) bond motifs is 1. The highest BCUT2D eigenvalue weighted by Gasteiger charge is 2.21. The van der Waals surface area contributed by atoms with Crippen molar-refractivity contribution in [2.75, 3.05) is 5.32 Å². The molecule has 176 valence electrons. The Morgan fingerprint density at radius 1 is 0.857 bits per heavy atom. The number of halogens is 2. The normalized spacial score (nSPS) is 13.1. The van der Waals surface area contributed by atoms with Crippen LogP contribution in [0.5, 0.6) is 0 Å². The summed E-state index contributed by atoms with van der Waals surface area (Å²) in [5.74, 6) is -0.610. The molecule has 0 radical (unpaired) electrons. The van der Waals surface area contributed by atoms with Crippen LogP contribution in [0.1, 0.15) is 51.4 Å². The van der Waals surface area contributed by atoms with E-state index in [-0.39, 0.29) is 22.4 Å². The van der Waals surface area contributed by atoms with Gasteiger partial charge in [-0.25, -0.2) is 8.78 Å². The van der Waals surface area contributed by atoms with Crippen LogP contribution in [0, 0.1) is 11.6 Å². The number of amides is 1. The highest BCUT2D eigenvalue weighted by Crippen LogP contribution is 2.27. The van der Waals surface area contributed by atoms with Gasteiger partial charge in [-0.2, -0.15) is 0 Å². The molecule has 0 saturated heterocycles. The van der Waals surface area contributed by atoms with Crippen molar-refractivity contribution in [3.8, 4) is 11.4 Å². The summed E-state index contributed by atoms with van der Waals surface area (Å²) in [7, 11) is 0. The summed E-state index contributed by atoms with van der Waals surface area (Å²) in [4.78, 5) is 26.1. The average molecular weight is 472 g/mol. The Morgan fingerprint density at radius 3 is 2.43 bits per heavy atom. The van der Waals surface area contributed by atoms with Crippen molar-refractivity contribution in [3.63, 3.8) is 0 Å². The van der Waals surface area contributed by atoms with Crippen molar-refractivity contribution < 1.29 is 18.4 Å². The molecule has 0 unspecified atom stereocenters. The fourth-order valence-corrected chi connectivity index (χ4v) is 4.28. The minimum atomic E-state index is -0.632. The molecule has 35 heavy (non-hydrogen) atoms. The Labute approximate surface area is 200 Å². The lowest BCUT2D eigenvalue weighted by Gasteiger charge is -2.12. The highest BCUT2D eigenvalue weighted by atomic mass is 19.1. The molecule has 1 aliphatic rings. The van der Waals surface area contributed by atoms with Gasteiger partial charge in [-0.3, -0.25) is 9.59 Å². The quantitative estimate of drug-likeness (QED) is 0.393. The minimum Gasteiger partial charge on any atom is -0.319 e. The summed E-state index contributed by atoms with van der Waals surface area (Å²) in [5.41, 5.74) is 1.08. The Balaban J connectivity index is 1.44. The second-order valence-electron chi connectivity index (χ2n) is 8.43. The number of anilines is 1. The topological polar surface area (TPSA) is 76.9 Å². The number of rotatable bonds is 5. The SMILES string of the molecule is O=C(Nc1cc(-c2nnc3n2CCCCC3)ccc1F)c1ccccc1C(=O)c1ccc(F)cc1. The van der Waals surface area contributed by atoms with E-state index >= 15 is 0 Å². The standard InChI is InChI=1S/C27H22F2N4O2/c28-19-12-9-17(10-13-19)25(34)20-6-3-4-7-21(20)27(35)30-23-16-18(11-14-22(23)29)26-32-31-24-8-2-1-5-15-33(24)26/h3-4,6-7,9-14,16H,1-2,5,8,15H2,(H,30,35). The largest absolute Gasteiger partial charge is 0.319 e. The van der Waals surface area contributed by atoms with E-state index in [2.05, 4.69) is 15.5 Å². The third-order valence-corrected chi connectivity index (χ3v) is 6.10. The number of ketones is 1. The number of benzene rings is 3. The van der Waals surface area contributed by atoms with E-state index in [0.717, 1.165) is 38.1 Å². The number of nitrogens with zero attached hydrogens (tertiary/aromatic N) is 3. The zero-order chi connectivity index (χ0) is 24.4. The molecule has 4 aromatic rings. The summed E-state index contributed by atoms with van der Waals surface area (Å²) in [6.45, 7) is 0.787. The first-order chi connectivity index (χ1) is 17.0. The van der Waals surface area contributed by atoms with Crippen LogP contribution in [0.25, 0.3) is 11.4 Å². The molecule has 0 spiro atoms. The molecule has 0 bridgehead atoms. The van der Waals surface area contributed by atoms with Crippen molar-refractivity contribution in [1.82, 2.24) is 14.8 Å². The predicted molar refractivity (Wildman–Crippen MR) is 127 cm³/mol. The molecule has 6 nitrogen and oxygen atoms in total. The molecule has 1 N–H and O–H groups in total. The van der Waals surface area contributed by atoms with Crippen molar-refractivity contribution in [3.05, 3.63) is 101 Å². The summed E-state index contributed by atoms with van der Waals surface area (Å²) in [6, 6.07) is 15.8. The number of aryl methyl sites for hydroxylation is 1. The molecule has 2 heterocycles. The van der Waals surface area contributed by atoms with E-state index in [1.54, 1.807) is 18.2 Å². The lowest BCUT2D eigenvalue weighted by atomic mass is 9.98. The van der Waals surface area contributed by atoms with Gasteiger partial charge in [0.05, 0.1) is 11.3 Å². The monoisotopic (exact) mass is 472 g/mol. The van der Waals surface area contributed by atoms with E-state index in [9.17, 15) is 18.4 Å². The third kappa shape index (κ3) is 4.59. The molecule has 1 aliphatic heterocycles. The molecule has 3 aromatic carbocycles. The van der Waals surface area contributed by atoms with E-state index in [4.69, 9.17) is 0 Å². The van der Waals surface area contributed by atoms with Gasteiger partial charge in [0.2, 0.25) is 0 Å². The molecule has 0 aliphatic carbocycles. The van der Waals surface area contributed by atoms with Crippen LogP contribution in [-0.2, 0) is 13.0 Å². The first-order valence-corrected chi connectivity index (χ1v) is 11.4. The second kappa shape index (κ2) is 9.58. The molecule has 8 heteroatoms. The van der Waals surface area contributed by atoms with Crippen molar-refractivity contribution in [1.29, 1.82) is 0 Å². The second-order valence-corrected chi connectivity index (χ2v) is 8.43. The van der Waals surface area contributed by atoms with Gasteiger partial charge in [0.1, 0.15) is 17.5 Å². The fraction of sp³-hybridized carbons (Fsp3) is 0.185. The Hall–Kier alpha value is -4.20. The number of carbonyl (C=O) groups excluding carboxylic acids is 2. The summed E-state index contributed by atoms with van der Waals surface area (Å²) < 4.78 is 30.0. The number of aromatic nitrogens is 3. The maximum Gasteiger partial charge on any atom is 0.256 e. The van der Waals surface area contributed by atoms with E-state index in [1.165, 1.54) is 48.5 Å². The van der Waals surface area contributed by atoms with Gasteiger partial charge < -0.3 is 9.88 Å². The summed E-state index contributed by atoms with van der Waals surface area (Å²) >= 11 is 0. The predicted octanol–water partition coefficient (Wildman–Crippen LogP) is 5.43. The third-order valence-electron chi connectivity index (χ3n) is 6.10. The van der Waals surface area contributed by atoms with Gasteiger partial charge in [0.25, 0.3) is 5.91 Å². The van der Waals surface area contributed by atoms with Crippen molar-refractivity contribution in [2.24, 2.45) is 0 Å². The van der Waals surface area contributed by atoms with Crippen LogP contribution in [0.15, 0.2) is 66.7 Å². The van der Waals surface area contributed by atoms with E-state index < -0.39 is 23.3 Å². The van der Waals surface area contributed by atoms with Gasteiger partial charge in [-0.15, -0.1) is 10.2 Å².